The van der Waals surface area contributed by atoms with E-state index >= 15 is 0 Å². The van der Waals surface area contributed by atoms with Crippen LogP contribution in [0.5, 0.6) is 5.75 Å². The molecule has 0 bridgehead atoms. The first-order valence-corrected chi connectivity index (χ1v) is 6.43. The molecule has 1 radical (unpaired) electrons. The molecule has 2 rings (SSSR count). The normalized spacial score (nSPS) is 13.8. The highest BCUT2D eigenvalue weighted by atomic mass is 35.5. The average Bonchev–Trinajstić information content (AvgIpc) is 2.41. The van der Waals surface area contributed by atoms with E-state index in [9.17, 15) is 15.0 Å². The Morgan fingerprint density at radius 3 is 2.35 bits per heavy atom. The third kappa shape index (κ3) is 3.00. The largest absolute Gasteiger partial charge is 0.508 e. The first kappa shape index (κ1) is 14.6. The lowest BCUT2D eigenvalue weighted by molar-refractivity contribution is -0.133. The molecule has 0 heterocycles. The van der Waals surface area contributed by atoms with Crippen LogP contribution in [0.4, 0.5) is 0 Å². The topological polar surface area (TPSA) is 57.5 Å². The van der Waals surface area contributed by atoms with Gasteiger partial charge in [0.25, 0.3) is 0 Å². The zero-order valence-corrected chi connectivity index (χ0v) is 11.5. The molecule has 0 saturated heterocycles. The van der Waals surface area contributed by atoms with Gasteiger partial charge in [0.15, 0.2) is 5.78 Å². The molecule has 0 aromatic heterocycles. The Bertz CT molecular complexity index is 618. The van der Waals surface area contributed by atoms with Crippen molar-refractivity contribution in [1.82, 2.24) is 0 Å². The zero-order valence-electron chi connectivity index (χ0n) is 10.7. The Hall–Kier alpha value is -1.84. The fourth-order valence-corrected chi connectivity index (χ4v) is 2.18. The molecule has 0 aliphatic rings. The molecule has 2 N–H and O–H groups in total. The van der Waals surface area contributed by atoms with Crippen LogP contribution < -0.4 is 0 Å². The van der Waals surface area contributed by atoms with Crippen molar-refractivity contribution in [2.75, 3.05) is 0 Å². The van der Waals surface area contributed by atoms with Gasteiger partial charge in [-0.05, 0) is 30.7 Å². The van der Waals surface area contributed by atoms with Gasteiger partial charge in [0, 0.05) is 17.0 Å². The quantitative estimate of drug-likeness (QED) is 0.910. The van der Waals surface area contributed by atoms with Crippen molar-refractivity contribution < 1.29 is 15.0 Å². The number of halogens is 1. The van der Waals surface area contributed by atoms with E-state index in [-0.39, 0.29) is 17.7 Å². The molecular formula is C16H14ClO3. The molecule has 0 saturated carbocycles. The summed E-state index contributed by atoms with van der Waals surface area (Å²) in [6.07, 6.45) is 0.00546. The second kappa shape index (κ2) is 5.65. The standard InChI is InChI=1S/C16H14ClO3/c1-16(20,13-4-2-3-5-14(13)17)15(19)10-11-6-8-12(18)9-7-11/h2-9,18,20H,1,10H2. The molecule has 0 spiro atoms. The smallest absolute Gasteiger partial charge is 0.173 e. The maximum Gasteiger partial charge on any atom is 0.173 e. The number of Topliss-reactive ketones (excluding diaryl/α,β-unsaturated/α-hetero) is 1. The van der Waals surface area contributed by atoms with Crippen molar-refractivity contribution >= 4 is 17.4 Å². The lowest BCUT2D eigenvalue weighted by atomic mass is 9.88. The Balaban J connectivity index is 2.23. The van der Waals surface area contributed by atoms with Crippen LogP contribution in [0.25, 0.3) is 0 Å². The van der Waals surface area contributed by atoms with Gasteiger partial charge in [-0.25, -0.2) is 0 Å². The first-order valence-electron chi connectivity index (χ1n) is 6.05. The number of hydrogen-bond donors (Lipinski definition) is 2. The highest BCUT2D eigenvalue weighted by Crippen LogP contribution is 2.29. The predicted molar refractivity (Wildman–Crippen MR) is 77.5 cm³/mol. The van der Waals surface area contributed by atoms with Gasteiger partial charge in [-0.2, -0.15) is 0 Å². The van der Waals surface area contributed by atoms with E-state index in [2.05, 4.69) is 6.92 Å². The highest BCUT2D eigenvalue weighted by Gasteiger charge is 2.33. The number of aliphatic hydroxyl groups is 1. The Labute approximate surface area is 122 Å². The van der Waals surface area contributed by atoms with Gasteiger partial charge in [0.2, 0.25) is 0 Å². The van der Waals surface area contributed by atoms with Crippen molar-refractivity contribution in [2.24, 2.45) is 0 Å². The first-order chi connectivity index (χ1) is 9.41. The Kier molecular flexibility index (Phi) is 4.12. The van der Waals surface area contributed by atoms with Crippen molar-refractivity contribution in [3.05, 3.63) is 71.6 Å². The highest BCUT2D eigenvalue weighted by molar-refractivity contribution is 6.31. The van der Waals surface area contributed by atoms with Crippen molar-refractivity contribution in [1.29, 1.82) is 0 Å². The summed E-state index contributed by atoms with van der Waals surface area (Å²) < 4.78 is 0. The maximum atomic E-state index is 12.2. The van der Waals surface area contributed by atoms with E-state index in [1.165, 1.54) is 12.1 Å². The van der Waals surface area contributed by atoms with Crippen LogP contribution in [0.3, 0.4) is 0 Å². The van der Waals surface area contributed by atoms with Gasteiger partial charge in [-0.1, -0.05) is 41.9 Å². The average molecular weight is 290 g/mol. The summed E-state index contributed by atoms with van der Waals surface area (Å²) in [6.45, 7) is 3.59. The molecule has 4 heteroatoms. The fraction of sp³-hybridized carbons (Fsp3) is 0.125. The summed E-state index contributed by atoms with van der Waals surface area (Å²) in [5.41, 5.74) is -0.927. The number of aromatic hydroxyl groups is 1. The zero-order chi connectivity index (χ0) is 14.8. The van der Waals surface area contributed by atoms with Crippen molar-refractivity contribution in [2.45, 2.75) is 12.0 Å². The number of rotatable bonds is 4. The van der Waals surface area contributed by atoms with Crippen LogP contribution in [0, 0.1) is 6.92 Å². The number of benzene rings is 2. The molecule has 2 aromatic carbocycles. The summed E-state index contributed by atoms with van der Waals surface area (Å²) in [5.74, 6) is -0.339. The van der Waals surface area contributed by atoms with Gasteiger partial charge >= 0.3 is 0 Å². The van der Waals surface area contributed by atoms with Gasteiger partial charge in [0.05, 0.1) is 0 Å². The minimum absolute atomic E-state index is 0.00546. The molecule has 0 amide bonds. The molecule has 0 aliphatic heterocycles. The number of phenolic OH excluding ortho intramolecular Hbond substituents is 1. The number of hydrogen-bond acceptors (Lipinski definition) is 3. The number of carbonyl (C=O) groups is 1. The lowest BCUT2D eigenvalue weighted by Crippen LogP contribution is -2.34. The molecular weight excluding hydrogens is 276 g/mol. The molecule has 0 aliphatic carbocycles. The number of carbonyl (C=O) groups excluding carboxylic acids is 1. The SMILES string of the molecule is [CH2]C(O)(C(=O)Cc1ccc(O)cc1)c1ccccc1Cl. The van der Waals surface area contributed by atoms with Crippen molar-refractivity contribution in [3.8, 4) is 5.75 Å². The second-order valence-electron chi connectivity index (χ2n) is 4.61. The van der Waals surface area contributed by atoms with Gasteiger partial charge in [0.1, 0.15) is 11.4 Å². The molecule has 0 fully saturated rings. The van der Waals surface area contributed by atoms with Gasteiger partial charge in [-0.15, -0.1) is 0 Å². The van der Waals surface area contributed by atoms with E-state index < -0.39 is 11.4 Å². The van der Waals surface area contributed by atoms with Crippen molar-refractivity contribution in [3.63, 3.8) is 0 Å². The van der Waals surface area contributed by atoms with E-state index in [1.807, 2.05) is 0 Å². The molecule has 3 nitrogen and oxygen atoms in total. The van der Waals surface area contributed by atoms with Crippen LogP contribution in [-0.2, 0) is 16.8 Å². The molecule has 2 aromatic rings. The van der Waals surface area contributed by atoms with Crippen LogP contribution in [-0.4, -0.2) is 16.0 Å². The molecule has 103 valence electrons. The minimum Gasteiger partial charge on any atom is -0.508 e. The minimum atomic E-state index is -1.89. The second-order valence-corrected chi connectivity index (χ2v) is 5.01. The Morgan fingerprint density at radius 1 is 1.15 bits per heavy atom. The summed E-state index contributed by atoms with van der Waals surface area (Å²) in [4.78, 5) is 12.2. The summed E-state index contributed by atoms with van der Waals surface area (Å²) >= 11 is 5.99. The van der Waals surface area contributed by atoms with Gasteiger partial charge < -0.3 is 10.2 Å². The van der Waals surface area contributed by atoms with E-state index in [0.29, 0.717) is 10.6 Å². The fourth-order valence-electron chi connectivity index (χ4n) is 1.89. The van der Waals surface area contributed by atoms with Crippen LogP contribution in [0.2, 0.25) is 5.02 Å². The number of phenols is 1. The number of ketones is 1. The lowest BCUT2D eigenvalue weighted by Gasteiger charge is -2.23. The van der Waals surface area contributed by atoms with E-state index in [1.54, 1.807) is 36.4 Å². The third-order valence-electron chi connectivity index (χ3n) is 3.08. The van der Waals surface area contributed by atoms with E-state index in [4.69, 9.17) is 11.6 Å². The summed E-state index contributed by atoms with van der Waals surface area (Å²) in [7, 11) is 0. The molecule has 20 heavy (non-hydrogen) atoms. The Morgan fingerprint density at radius 2 is 1.75 bits per heavy atom. The van der Waals surface area contributed by atoms with E-state index in [0.717, 1.165) is 0 Å². The van der Waals surface area contributed by atoms with Crippen LogP contribution in [0.1, 0.15) is 11.1 Å². The van der Waals surface area contributed by atoms with Crippen LogP contribution in [0.15, 0.2) is 48.5 Å². The third-order valence-corrected chi connectivity index (χ3v) is 3.41. The molecule has 1 unspecified atom stereocenters. The molecule has 1 atom stereocenters. The maximum absolute atomic E-state index is 12.2. The van der Waals surface area contributed by atoms with Gasteiger partial charge in [-0.3, -0.25) is 4.79 Å². The predicted octanol–water partition coefficient (Wildman–Crippen LogP) is 2.88. The van der Waals surface area contributed by atoms with Crippen LogP contribution >= 0.6 is 11.6 Å². The monoisotopic (exact) mass is 289 g/mol. The summed E-state index contributed by atoms with van der Waals surface area (Å²) in [6, 6.07) is 12.8. The summed E-state index contributed by atoms with van der Waals surface area (Å²) in [5, 5.41) is 19.9.